The maximum atomic E-state index is 13.3. The summed E-state index contributed by atoms with van der Waals surface area (Å²) in [6.45, 7) is 9.61. The quantitative estimate of drug-likeness (QED) is 0.436. The lowest BCUT2D eigenvalue weighted by atomic mass is 10.1. The van der Waals surface area contributed by atoms with Gasteiger partial charge in [0.1, 0.15) is 4.90 Å². The largest absolute Gasteiger partial charge is 0.355 e. The molecule has 0 spiro atoms. The zero-order valence-electron chi connectivity index (χ0n) is 17.1. The van der Waals surface area contributed by atoms with Crippen molar-refractivity contribution >= 4 is 38.0 Å². The molecule has 0 fully saturated rings. The number of rotatable bonds is 6. The van der Waals surface area contributed by atoms with Crippen molar-refractivity contribution in [1.29, 1.82) is 0 Å². The molecular formula is C23H21N5O2S. The van der Waals surface area contributed by atoms with E-state index >= 15 is 0 Å². The molecule has 0 bridgehead atoms. The molecule has 2 aromatic carbocycles. The van der Waals surface area contributed by atoms with Gasteiger partial charge in [-0.2, -0.15) is 0 Å². The van der Waals surface area contributed by atoms with E-state index < -0.39 is 10.0 Å². The third kappa shape index (κ3) is 3.89. The molecular weight excluding hydrogens is 410 g/mol. The van der Waals surface area contributed by atoms with E-state index in [1.54, 1.807) is 24.5 Å². The standard InChI is InChI=1S/C23H21N5O2S/c1-16-11-18(25-3)7-9-22(16)27-19-6-8-21-17(13-24-2)15-28(23(21)12-19)31(29,30)20-5-4-10-26-14-20/h4-12,14-15,24,27H,13H2,1-2H3. The number of nitrogens with one attached hydrogen (secondary N) is 2. The Bertz CT molecular complexity index is 1400. The van der Waals surface area contributed by atoms with Crippen LogP contribution in [-0.2, 0) is 16.6 Å². The number of hydrogen-bond donors (Lipinski definition) is 2. The van der Waals surface area contributed by atoms with Gasteiger partial charge in [0.15, 0.2) is 5.69 Å². The molecule has 4 rings (SSSR count). The highest BCUT2D eigenvalue weighted by Crippen LogP contribution is 2.31. The molecule has 0 aliphatic rings. The number of hydrogen-bond acceptors (Lipinski definition) is 5. The smallest absolute Gasteiger partial charge is 0.269 e. The van der Waals surface area contributed by atoms with Gasteiger partial charge in [-0.3, -0.25) is 4.98 Å². The van der Waals surface area contributed by atoms with Gasteiger partial charge in [-0.05, 0) is 55.4 Å². The normalized spacial score (nSPS) is 11.4. The first-order chi connectivity index (χ1) is 14.9. The molecule has 156 valence electrons. The molecule has 0 radical (unpaired) electrons. The first kappa shape index (κ1) is 20.6. The lowest BCUT2D eigenvalue weighted by Gasteiger charge is -2.12. The highest BCUT2D eigenvalue weighted by molar-refractivity contribution is 7.90. The lowest BCUT2D eigenvalue weighted by Crippen LogP contribution is -2.12. The van der Waals surface area contributed by atoms with Crippen molar-refractivity contribution in [2.24, 2.45) is 0 Å². The van der Waals surface area contributed by atoms with Crippen LogP contribution in [0.5, 0.6) is 0 Å². The van der Waals surface area contributed by atoms with Gasteiger partial charge in [0.2, 0.25) is 0 Å². The topological polar surface area (TPSA) is 80.4 Å². The van der Waals surface area contributed by atoms with E-state index in [-0.39, 0.29) is 4.90 Å². The van der Waals surface area contributed by atoms with Crippen molar-refractivity contribution in [2.75, 3.05) is 12.4 Å². The molecule has 0 saturated heterocycles. The summed E-state index contributed by atoms with van der Waals surface area (Å²) in [7, 11) is -1.98. The fourth-order valence-corrected chi connectivity index (χ4v) is 4.85. The summed E-state index contributed by atoms with van der Waals surface area (Å²) in [4.78, 5) is 7.54. The minimum Gasteiger partial charge on any atom is -0.355 e. The van der Waals surface area contributed by atoms with Crippen molar-refractivity contribution < 1.29 is 8.42 Å². The molecule has 7 nitrogen and oxygen atoms in total. The molecule has 0 aliphatic heterocycles. The van der Waals surface area contributed by atoms with Crippen LogP contribution in [0.15, 0.2) is 72.0 Å². The maximum Gasteiger partial charge on any atom is 0.269 e. The fraction of sp³-hybridized carbons (Fsp3) is 0.130. The van der Waals surface area contributed by atoms with Gasteiger partial charge < -0.3 is 10.6 Å². The first-order valence-corrected chi connectivity index (χ1v) is 11.1. The summed E-state index contributed by atoms with van der Waals surface area (Å²) in [5.41, 5.74) is 4.58. The minimum absolute atomic E-state index is 0.131. The van der Waals surface area contributed by atoms with Crippen LogP contribution in [0.25, 0.3) is 15.7 Å². The second-order valence-electron chi connectivity index (χ2n) is 7.14. The van der Waals surface area contributed by atoms with Crippen molar-refractivity contribution in [1.82, 2.24) is 14.3 Å². The summed E-state index contributed by atoms with van der Waals surface area (Å²) >= 11 is 0. The highest BCUT2D eigenvalue weighted by Gasteiger charge is 2.21. The van der Waals surface area contributed by atoms with Crippen LogP contribution in [0.4, 0.5) is 17.1 Å². The van der Waals surface area contributed by atoms with Crippen LogP contribution in [0, 0.1) is 13.5 Å². The molecule has 31 heavy (non-hydrogen) atoms. The Hall–Kier alpha value is -3.67. The molecule has 0 unspecified atom stereocenters. The molecule has 0 aliphatic carbocycles. The third-order valence-electron chi connectivity index (χ3n) is 5.03. The van der Waals surface area contributed by atoms with Gasteiger partial charge in [-0.1, -0.05) is 18.2 Å². The number of anilines is 2. The van der Waals surface area contributed by atoms with Crippen molar-refractivity contribution in [3.63, 3.8) is 0 Å². The summed E-state index contributed by atoms with van der Waals surface area (Å²) in [5.74, 6) is 0. The zero-order valence-corrected chi connectivity index (χ0v) is 17.9. The molecule has 0 atom stereocenters. The molecule has 0 saturated carbocycles. The SMILES string of the molecule is [C-]#[N+]c1ccc(Nc2ccc3c(CNC)cn(S(=O)(=O)c4cccnc4)c3c2)c(C)c1. The van der Waals surface area contributed by atoms with Crippen LogP contribution in [0.2, 0.25) is 0 Å². The number of fused-ring (bicyclic) bond motifs is 1. The number of nitrogens with zero attached hydrogens (tertiary/aromatic N) is 3. The minimum atomic E-state index is -3.80. The Kier molecular flexibility index (Phi) is 5.46. The van der Waals surface area contributed by atoms with Gasteiger partial charge in [0.25, 0.3) is 10.0 Å². The molecule has 8 heteroatoms. The summed E-state index contributed by atoms with van der Waals surface area (Å²) in [6, 6.07) is 14.2. The van der Waals surface area contributed by atoms with Gasteiger partial charge >= 0.3 is 0 Å². The number of pyridine rings is 1. The highest BCUT2D eigenvalue weighted by atomic mass is 32.2. The van der Waals surface area contributed by atoms with Gasteiger partial charge in [-0.15, -0.1) is 0 Å². The summed E-state index contributed by atoms with van der Waals surface area (Å²) in [5, 5.41) is 7.28. The second-order valence-corrected chi connectivity index (χ2v) is 8.96. The van der Waals surface area contributed by atoms with Gasteiger partial charge in [-0.25, -0.2) is 17.2 Å². The predicted octanol–water partition coefficient (Wildman–Crippen LogP) is 4.60. The van der Waals surface area contributed by atoms with E-state index in [1.807, 2.05) is 44.3 Å². The van der Waals surface area contributed by atoms with Crippen molar-refractivity contribution in [3.05, 3.63) is 89.7 Å². The number of benzene rings is 2. The van der Waals surface area contributed by atoms with E-state index in [4.69, 9.17) is 6.57 Å². The Labute approximate surface area is 181 Å². The molecule has 2 N–H and O–H groups in total. The van der Waals surface area contributed by atoms with Gasteiger partial charge in [0, 0.05) is 41.9 Å². The number of aromatic nitrogens is 2. The molecule has 2 heterocycles. The van der Waals surface area contributed by atoms with Crippen LogP contribution in [0.3, 0.4) is 0 Å². The summed E-state index contributed by atoms with van der Waals surface area (Å²) in [6.07, 6.45) is 4.55. The number of aryl methyl sites for hydroxylation is 1. The maximum absolute atomic E-state index is 13.3. The zero-order chi connectivity index (χ0) is 22.0. The third-order valence-corrected chi connectivity index (χ3v) is 6.69. The van der Waals surface area contributed by atoms with Crippen molar-refractivity contribution in [2.45, 2.75) is 18.4 Å². The van der Waals surface area contributed by atoms with Gasteiger partial charge in [0.05, 0.1) is 12.1 Å². The van der Waals surface area contributed by atoms with Crippen LogP contribution in [0.1, 0.15) is 11.1 Å². The first-order valence-electron chi connectivity index (χ1n) is 9.63. The van der Waals surface area contributed by atoms with Crippen LogP contribution >= 0.6 is 0 Å². The average molecular weight is 432 g/mol. The fourth-order valence-electron chi connectivity index (χ4n) is 3.50. The predicted molar refractivity (Wildman–Crippen MR) is 122 cm³/mol. The van der Waals surface area contributed by atoms with E-state index in [2.05, 4.69) is 20.5 Å². The average Bonchev–Trinajstić information content (AvgIpc) is 3.14. The van der Waals surface area contributed by atoms with E-state index in [9.17, 15) is 8.42 Å². The lowest BCUT2D eigenvalue weighted by molar-refractivity contribution is 0.588. The molecule has 0 amide bonds. The van der Waals surface area contributed by atoms with Crippen LogP contribution < -0.4 is 10.6 Å². The summed E-state index contributed by atoms with van der Waals surface area (Å²) < 4.78 is 27.9. The monoisotopic (exact) mass is 431 g/mol. The van der Waals surface area contributed by atoms with E-state index in [0.717, 1.165) is 27.9 Å². The molecule has 2 aromatic heterocycles. The Morgan fingerprint density at radius 2 is 2.00 bits per heavy atom. The van der Waals surface area contributed by atoms with Crippen LogP contribution in [-0.4, -0.2) is 24.4 Å². The van der Waals surface area contributed by atoms with E-state index in [1.165, 1.54) is 16.2 Å². The van der Waals surface area contributed by atoms with E-state index in [0.29, 0.717) is 17.7 Å². The Balaban J connectivity index is 1.83. The Morgan fingerprint density at radius 1 is 1.16 bits per heavy atom. The van der Waals surface area contributed by atoms with Crippen molar-refractivity contribution in [3.8, 4) is 0 Å². The second kappa shape index (κ2) is 8.22. The Morgan fingerprint density at radius 3 is 2.68 bits per heavy atom. The molecule has 4 aromatic rings.